The Morgan fingerprint density at radius 2 is 1.87 bits per heavy atom. The summed E-state index contributed by atoms with van der Waals surface area (Å²) < 4.78 is 5.40. The lowest BCUT2D eigenvalue weighted by atomic mass is 9.88. The molecule has 6 nitrogen and oxygen atoms in total. The number of benzene rings is 1. The van der Waals surface area contributed by atoms with Gasteiger partial charge in [0, 0.05) is 25.1 Å². The summed E-state index contributed by atoms with van der Waals surface area (Å²) in [5.41, 5.74) is 2.45. The van der Waals surface area contributed by atoms with Crippen LogP contribution in [-0.4, -0.2) is 28.4 Å². The molecule has 1 aliphatic rings. The van der Waals surface area contributed by atoms with Crippen LogP contribution in [0.25, 0.3) is 0 Å². The van der Waals surface area contributed by atoms with E-state index in [9.17, 15) is 9.59 Å². The van der Waals surface area contributed by atoms with Crippen LogP contribution in [0.2, 0.25) is 0 Å². The second kappa shape index (κ2) is 10.4. The number of aryl methyl sites for hydroxylation is 1. The van der Waals surface area contributed by atoms with Crippen molar-refractivity contribution in [1.29, 1.82) is 0 Å². The predicted molar refractivity (Wildman–Crippen MR) is 116 cm³/mol. The Kier molecular flexibility index (Phi) is 7.66. The minimum atomic E-state index is -0.278. The highest BCUT2D eigenvalue weighted by Gasteiger charge is 2.27. The quantitative estimate of drug-likeness (QED) is 0.695. The predicted octanol–water partition coefficient (Wildman–Crippen LogP) is 4.48. The number of rotatable bonds is 8. The molecule has 2 amide bonds. The maximum Gasteiger partial charge on any atom is 0.273 e. The molecule has 1 fully saturated rings. The van der Waals surface area contributed by atoms with E-state index in [-0.39, 0.29) is 23.4 Å². The highest BCUT2D eigenvalue weighted by molar-refractivity contribution is 5.92. The topological polar surface area (TPSA) is 75.4 Å². The van der Waals surface area contributed by atoms with Crippen molar-refractivity contribution < 1.29 is 14.1 Å². The molecular weight excluding hydrogens is 378 g/mol. The Morgan fingerprint density at radius 3 is 2.53 bits per heavy atom. The Balaban J connectivity index is 1.60. The zero-order valence-corrected chi connectivity index (χ0v) is 18.3. The third kappa shape index (κ3) is 6.18. The molecule has 0 unspecified atom stereocenters. The molecular formula is C24H33N3O3. The van der Waals surface area contributed by atoms with Crippen molar-refractivity contribution in [3.8, 4) is 0 Å². The Morgan fingerprint density at radius 1 is 1.17 bits per heavy atom. The normalized spacial score (nSPS) is 14.7. The monoisotopic (exact) mass is 411 g/mol. The van der Waals surface area contributed by atoms with Crippen LogP contribution in [0.15, 0.2) is 34.9 Å². The minimum absolute atomic E-state index is 0.109. The summed E-state index contributed by atoms with van der Waals surface area (Å²) in [7, 11) is 0. The van der Waals surface area contributed by atoms with E-state index in [1.165, 1.54) is 12.0 Å². The summed E-state index contributed by atoms with van der Waals surface area (Å²) in [5, 5.41) is 6.79. The van der Waals surface area contributed by atoms with Crippen molar-refractivity contribution in [2.24, 2.45) is 11.8 Å². The van der Waals surface area contributed by atoms with Crippen LogP contribution < -0.4 is 5.32 Å². The lowest BCUT2D eigenvalue weighted by molar-refractivity contribution is -0.138. The third-order valence-electron chi connectivity index (χ3n) is 5.56. The molecule has 1 heterocycles. The standard InChI is InChI=1S/C24H33N3O3/c1-17(2)15-27(24(29)20-7-5-4-6-8-20)16-21-13-22(26-30-21)23(28)25-14-19-11-9-18(3)10-12-19/h9-13,17,20H,4-8,14-16H2,1-3H3,(H,25,28). The van der Waals surface area contributed by atoms with Gasteiger partial charge in [0.25, 0.3) is 5.91 Å². The van der Waals surface area contributed by atoms with Gasteiger partial charge in [0.2, 0.25) is 5.91 Å². The highest BCUT2D eigenvalue weighted by Crippen LogP contribution is 2.26. The average Bonchev–Trinajstić information content (AvgIpc) is 3.21. The van der Waals surface area contributed by atoms with E-state index in [2.05, 4.69) is 24.3 Å². The fourth-order valence-electron chi connectivity index (χ4n) is 3.94. The Bertz CT molecular complexity index is 836. The zero-order valence-electron chi connectivity index (χ0n) is 18.3. The van der Waals surface area contributed by atoms with Gasteiger partial charge in [0.1, 0.15) is 0 Å². The fraction of sp³-hybridized carbons (Fsp3) is 0.542. The minimum Gasteiger partial charge on any atom is -0.359 e. The van der Waals surface area contributed by atoms with Crippen LogP contribution in [0.1, 0.15) is 73.3 Å². The summed E-state index contributed by atoms with van der Waals surface area (Å²) in [6.07, 6.45) is 5.41. The molecule has 1 saturated carbocycles. The highest BCUT2D eigenvalue weighted by atomic mass is 16.5. The molecule has 1 N–H and O–H groups in total. The molecule has 2 aromatic rings. The van der Waals surface area contributed by atoms with Crippen LogP contribution in [0.3, 0.4) is 0 Å². The molecule has 0 spiro atoms. The van der Waals surface area contributed by atoms with Gasteiger partial charge in [-0.1, -0.05) is 68.1 Å². The SMILES string of the molecule is Cc1ccc(CNC(=O)c2cc(CN(CC(C)C)C(=O)C3CCCCC3)on2)cc1. The molecule has 1 aromatic carbocycles. The van der Waals surface area contributed by atoms with E-state index in [0.29, 0.717) is 31.3 Å². The molecule has 0 saturated heterocycles. The summed E-state index contributed by atoms with van der Waals surface area (Å²) in [5.74, 6) is 0.931. The van der Waals surface area contributed by atoms with E-state index in [0.717, 1.165) is 31.2 Å². The fourth-order valence-corrected chi connectivity index (χ4v) is 3.94. The number of amides is 2. The summed E-state index contributed by atoms with van der Waals surface area (Å²) >= 11 is 0. The van der Waals surface area contributed by atoms with Gasteiger partial charge in [-0.2, -0.15) is 0 Å². The molecule has 1 aromatic heterocycles. The Hall–Kier alpha value is -2.63. The number of nitrogens with one attached hydrogen (secondary N) is 1. The zero-order chi connectivity index (χ0) is 21.5. The largest absolute Gasteiger partial charge is 0.359 e. The van der Waals surface area contributed by atoms with Crippen molar-refractivity contribution in [1.82, 2.24) is 15.4 Å². The van der Waals surface area contributed by atoms with Crippen molar-refractivity contribution in [3.63, 3.8) is 0 Å². The van der Waals surface area contributed by atoms with Crippen molar-refractivity contribution in [2.45, 2.75) is 66.0 Å². The molecule has 162 valence electrons. The van der Waals surface area contributed by atoms with Gasteiger partial charge in [0.15, 0.2) is 11.5 Å². The second-order valence-electron chi connectivity index (χ2n) is 8.79. The number of aromatic nitrogens is 1. The van der Waals surface area contributed by atoms with Gasteiger partial charge in [-0.3, -0.25) is 9.59 Å². The first kappa shape index (κ1) is 22.1. The number of nitrogens with zero attached hydrogens (tertiary/aromatic N) is 2. The lowest BCUT2D eigenvalue weighted by Gasteiger charge is -2.29. The van der Waals surface area contributed by atoms with Gasteiger partial charge in [0.05, 0.1) is 6.54 Å². The molecule has 0 aliphatic heterocycles. The lowest BCUT2D eigenvalue weighted by Crippen LogP contribution is -2.38. The number of hydrogen-bond donors (Lipinski definition) is 1. The van der Waals surface area contributed by atoms with E-state index < -0.39 is 0 Å². The van der Waals surface area contributed by atoms with Gasteiger partial charge in [-0.05, 0) is 31.2 Å². The average molecular weight is 412 g/mol. The second-order valence-corrected chi connectivity index (χ2v) is 8.79. The first-order valence-corrected chi connectivity index (χ1v) is 11.0. The summed E-state index contributed by atoms with van der Waals surface area (Å²) in [6, 6.07) is 9.66. The molecule has 3 rings (SSSR count). The van der Waals surface area contributed by atoms with E-state index >= 15 is 0 Å². The summed E-state index contributed by atoms with van der Waals surface area (Å²) in [6.45, 7) is 7.69. The molecule has 30 heavy (non-hydrogen) atoms. The van der Waals surface area contributed by atoms with Gasteiger partial charge < -0.3 is 14.7 Å². The van der Waals surface area contributed by atoms with Crippen LogP contribution in [0.5, 0.6) is 0 Å². The van der Waals surface area contributed by atoms with Crippen LogP contribution in [-0.2, 0) is 17.9 Å². The van der Waals surface area contributed by atoms with Gasteiger partial charge in [-0.25, -0.2) is 0 Å². The van der Waals surface area contributed by atoms with Crippen molar-refractivity contribution in [2.75, 3.05) is 6.54 Å². The van der Waals surface area contributed by atoms with E-state index in [4.69, 9.17) is 4.52 Å². The van der Waals surface area contributed by atoms with Crippen LogP contribution in [0, 0.1) is 18.8 Å². The van der Waals surface area contributed by atoms with Crippen molar-refractivity contribution in [3.05, 3.63) is 52.9 Å². The van der Waals surface area contributed by atoms with E-state index in [1.807, 2.05) is 36.1 Å². The van der Waals surface area contributed by atoms with Crippen molar-refractivity contribution >= 4 is 11.8 Å². The molecule has 1 aliphatic carbocycles. The third-order valence-corrected chi connectivity index (χ3v) is 5.56. The van der Waals surface area contributed by atoms with Crippen LogP contribution >= 0.6 is 0 Å². The Labute approximate surface area is 179 Å². The van der Waals surface area contributed by atoms with Gasteiger partial charge >= 0.3 is 0 Å². The first-order chi connectivity index (χ1) is 14.4. The van der Waals surface area contributed by atoms with Crippen LogP contribution in [0.4, 0.5) is 0 Å². The number of carbonyl (C=O) groups is 2. The molecule has 0 bridgehead atoms. The number of hydrogen-bond acceptors (Lipinski definition) is 4. The molecule has 0 atom stereocenters. The maximum absolute atomic E-state index is 13.0. The molecule has 6 heteroatoms. The van der Waals surface area contributed by atoms with Gasteiger partial charge in [-0.15, -0.1) is 0 Å². The smallest absolute Gasteiger partial charge is 0.273 e. The molecule has 0 radical (unpaired) electrons. The summed E-state index contributed by atoms with van der Waals surface area (Å²) in [4.78, 5) is 27.3. The first-order valence-electron chi connectivity index (χ1n) is 11.0. The number of carbonyl (C=O) groups excluding carboxylic acids is 2. The van der Waals surface area contributed by atoms with E-state index in [1.54, 1.807) is 6.07 Å². The maximum atomic E-state index is 13.0.